The van der Waals surface area contributed by atoms with Crippen LogP contribution in [-0.4, -0.2) is 0 Å². The Balaban J connectivity index is 2.08. The smallest absolute Gasteiger partial charge is 0.0197 e. The first kappa shape index (κ1) is 12.0. The van der Waals surface area contributed by atoms with Gasteiger partial charge < -0.3 is 0 Å². The Morgan fingerprint density at radius 3 is 1.38 bits per heavy atom. The van der Waals surface area contributed by atoms with E-state index in [4.69, 9.17) is 0 Å². The van der Waals surface area contributed by atoms with Gasteiger partial charge in [0.2, 0.25) is 0 Å². The van der Waals surface area contributed by atoms with Crippen LogP contribution in [0.5, 0.6) is 0 Å². The lowest BCUT2D eigenvalue weighted by molar-refractivity contribution is 0.981. The molecule has 2 aromatic heterocycles. The van der Waals surface area contributed by atoms with Crippen molar-refractivity contribution < 1.29 is 0 Å². The summed E-state index contributed by atoms with van der Waals surface area (Å²) in [5, 5.41) is 3.37. The lowest BCUT2D eigenvalue weighted by atomic mass is 10.1. The zero-order valence-corrected chi connectivity index (χ0v) is 12.6. The van der Waals surface area contributed by atoms with Gasteiger partial charge in [0.1, 0.15) is 0 Å². The van der Waals surface area contributed by atoms with Crippen molar-refractivity contribution in [2.45, 2.75) is 40.5 Å². The largest absolute Gasteiger partial charge is 0.136 e. The van der Waals surface area contributed by atoms with Gasteiger partial charge in [-0.2, -0.15) is 0 Å². The van der Waals surface area contributed by atoms with Crippen molar-refractivity contribution >= 4 is 16.4 Å². The third kappa shape index (κ3) is 2.29. The molecule has 0 saturated carbocycles. The van der Waals surface area contributed by atoms with Crippen LogP contribution in [0.3, 0.4) is 0 Å². The van der Waals surface area contributed by atoms with Crippen LogP contribution in [0.4, 0.5) is 0 Å². The molecular weight excluding hydrogens is 230 g/mol. The second kappa shape index (κ2) is 4.82. The molecule has 0 aromatic carbocycles. The van der Waals surface area contributed by atoms with Crippen molar-refractivity contribution in [3.8, 4) is 0 Å². The molecule has 2 aromatic rings. The summed E-state index contributed by atoms with van der Waals surface area (Å²) in [6.45, 7) is 9.04. The van der Waals surface area contributed by atoms with Gasteiger partial charge in [0, 0.05) is 0 Å². The molecule has 0 spiro atoms. The van der Waals surface area contributed by atoms with Gasteiger partial charge in [-0.25, -0.2) is 0 Å². The molecule has 2 heteroatoms. The first-order valence-electron chi connectivity index (χ1n) is 5.86. The van der Waals surface area contributed by atoms with Gasteiger partial charge in [0.25, 0.3) is 0 Å². The van der Waals surface area contributed by atoms with E-state index in [-0.39, 0.29) is 0 Å². The minimum Gasteiger partial charge on any atom is -0.136 e. The molecule has 0 N–H and O–H groups in total. The highest BCUT2D eigenvalue weighted by Crippen LogP contribution is 2.30. The molecule has 2 atom stereocenters. The fourth-order valence-electron chi connectivity index (χ4n) is 2.07. The topological polar surface area (TPSA) is 0 Å². The molecule has 86 valence electrons. The van der Waals surface area contributed by atoms with E-state index < -0.39 is 0 Å². The predicted octanol–water partition coefficient (Wildman–Crippen LogP) is 4.77. The quantitative estimate of drug-likeness (QED) is 0.736. The normalized spacial score (nSPS) is 12.0. The number of aryl methyl sites for hydroxylation is 4. The number of hydrogen-bond donors (Lipinski definition) is 0. The summed E-state index contributed by atoms with van der Waals surface area (Å²) in [5.74, 6) is 4.79. The van der Waals surface area contributed by atoms with Crippen LogP contribution in [0.1, 0.15) is 32.8 Å². The lowest BCUT2D eigenvalue weighted by Crippen LogP contribution is -1.90. The summed E-state index contributed by atoms with van der Waals surface area (Å²) in [5.41, 5.74) is 6.12. The molecule has 0 aliphatic carbocycles. The van der Waals surface area contributed by atoms with Crippen molar-refractivity contribution in [1.82, 2.24) is 0 Å². The average Bonchev–Trinajstić information content (AvgIpc) is 2.74. The molecule has 0 nitrogen and oxygen atoms in total. The highest BCUT2D eigenvalue weighted by molar-refractivity contribution is 7.31. The number of hydrogen-bond acceptors (Lipinski definition) is 0. The van der Waals surface area contributed by atoms with Crippen LogP contribution >= 0.6 is 16.4 Å². The van der Waals surface area contributed by atoms with Crippen molar-refractivity contribution in [3.63, 3.8) is 0 Å². The lowest BCUT2D eigenvalue weighted by Gasteiger charge is -2.02. The third-order valence-electron chi connectivity index (χ3n) is 3.64. The van der Waals surface area contributed by atoms with Crippen molar-refractivity contribution in [3.05, 3.63) is 44.4 Å². The van der Waals surface area contributed by atoms with Gasteiger partial charge in [-0.05, 0) is 85.0 Å². The molecule has 0 bridgehead atoms. The second-order valence-corrected chi connectivity index (χ2v) is 7.01. The van der Waals surface area contributed by atoms with Crippen molar-refractivity contribution in [1.29, 1.82) is 0 Å². The first-order valence-corrected chi connectivity index (χ1v) is 8.02. The molecule has 0 fully saturated rings. The molecule has 0 aliphatic heterocycles. The number of rotatable bonds is 3. The summed E-state index contributed by atoms with van der Waals surface area (Å²) in [4.78, 5) is 0. The standard InChI is InChI=1S/C14H20P2/c1-9-7-15-13(11(9)3)5-6-14-12(4)10(2)8-16-14/h7-8,15-16H,5-6H2,1-4H3. The Morgan fingerprint density at radius 2 is 1.12 bits per heavy atom. The van der Waals surface area contributed by atoms with Gasteiger partial charge in [0.15, 0.2) is 0 Å². The molecular formula is C14H20P2. The molecule has 2 rings (SSSR count). The zero-order valence-electron chi connectivity index (χ0n) is 10.6. The van der Waals surface area contributed by atoms with Crippen LogP contribution in [-0.2, 0) is 12.8 Å². The van der Waals surface area contributed by atoms with E-state index in [1.807, 2.05) is 0 Å². The average molecular weight is 250 g/mol. The molecule has 0 aliphatic rings. The maximum Gasteiger partial charge on any atom is -0.0197 e. The molecule has 2 heterocycles. The van der Waals surface area contributed by atoms with Crippen molar-refractivity contribution in [2.75, 3.05) is 0 Å². The Hall–Kier alpha value is -0.440. The molecule has 0 amide bonds. The molecule has 16 heavy (non-hydrogen) atoms. The summed E-state index contributed by atoms with van der Waals surface area (Å²) < 4.78 is 0. The minimum atomic E-state index is 0.950. The Morgan fingerprint density at radius 1 is 0.750 bits per heavy atom. The van der Waals surface area contributed by atoms with Crippen LogP contribution in [0.2, 0.25) is 0 Å². The fourth-order valence-corrected chi connectivity index (χ4v) is 4.65. The third-order valence-corrected chi connectivity index (χ3v) is 6.74. The molecule has 0 radical (unpaired) electrons. The van der Waals surface area contributed by atoms with E-state index in [0.29, 0.717) is 0 Å². The highest BCUT2D eigenvalue weighted by Gasteiger charge is 2.06. The summed E-state index contributed by atoms with van der Waals surface area (Å²) in [6.07, 6.45) is 2.55. The Bertz CT molecular complexity index is 443. The maximum absolute atomic E-state index is 2.40. The van der Waals surface area contributed by atoms with Crippen LogP contribution < -0.4 is 0 Å². The van der Waals surface area contributed by atoms with E-state index in [9.17, 15) is 0 Å². The van der Waals surface area contributed by atoms with E-state index in [0.717, 1.165) is 16.4 Å². The van der Waals surface area contributed by atoms with E-state index in [1.54, 1.807) is 21.7 Å². The monoisotopic (exact) mass is 250 g/mol. The molecule has 0 saturated heterocycles. The van der Waals surface area contributed by atoms with Gasteiger partial charge in [0.05, 0.1) is 0 Å². The second-order valence-electron chi connectivity index (χ2n) is 4.65. The first-order chi connectivity index (χ1) is 7.59. The van der Waals surface area contributed by atoms with Crippen molar-refractivity contribution in [2.24, 2.45) is 0 Å². The molecule has 2 unspecified atom stereocenters. The summed E-state index contributed by atoms with van der Waals surface area (Å²) in [7, 11) is 1.90. The van der Waals surface area contributed by atoms with Crippen LogP contribution in [0.25, 0.3) is 0 Å². The maximum atomic E-state index is 2.40. The van der Waals surface area contributed by atoms with Gasteiger partial charge in [-0.3, -0.25) is 0 Å². The Labute approximate surface area is 102 Å². The van der Waals surface area contributed by atoms with E-state index in [2.05, 4.69) is 39.3 Å². The van der Waals surface area contributed by atoms with Gasteiger partial charge in [-0.15, -0.1) is 16.4 Å². The predicted molar refractivity (Wildman–Crippen MR) is 78.2 cm³/mol. The Kier molecular flexibility index (Phi) is 3.63. The van der Waals surface area contributed by atoms with Crippen LogP contribution in [0, 0.1) is 27.7 Å². The van der Waals surface area contributed by atoms with Gasteiger partial charge in [-0.1, -0.05) is 0 Å². The van der Waals surface area contributed by atoms with E-state index in [1.165, 1.54) is 24.0 Å². The van der Waals surface area contributed by atoms with Gasteiger partial charge >= 0.3 is 0 Å². The van der Waals surface area contributed by atoms with E-state index >= 15 is 0 Å². The zero-order chi connectivity index (χ0) is 11.7. The fraction of sp³-hybridized carbons (Fsp3) is 0.429. The SMILES string of the molecule is Cc1c[pH]c(CCc2[pH]cc(C)c2C)c1C. The minimum absolute atomic E-state index is 0.950. The summed E-state index contributed by atoms with van der Waals surface area (Å²) in [6, 6.07) is 0. The highest BCUT2D eigenvalue weighted by atomic mass is 31.0. The summed E-state index contributed by atoms with van der Waals surface area (Å²) >= 11 is 0. The van der Waals surface area contributed by atoms with Crippen LogP contribution in [0.15, 0.2) is 11.6 Å².